The van der Waals surface area contributed by atoms with E-state index < -0.39 is 0 Å². The zero-order valence-electron chi connectivity index (χ0n) is 22.0. The molecule has 2 heterocycles. The summed E-state index contributed by atoms with van der Waals surface area (Å²) in [4.78, 5) is 11.0. The molecule has 6 nitrogen and oxygen atoms in total. The quantitative estimate of drug-likeness (QED) is 0.115. The maximum absolute atomic E-state index is 11.0. The molecule has 1 aromatic carbocycles. The minimum absolute atomic E-state index is 0.368. The topological polar surface area (TPSA) is 64.9 Å². The van der Waals surface area contributed by atoms with E-state index in [1.165, 1.54) is 25.7 Å². The summed E-state index contributed by atoms with van der Waals surface area (Å²) in [6, 6.07) is 10.5. The van der Waals surface area contributed by atoms with E-state index in [0.717, 1.165) is 83.2 Å². The van der Waals surface area contributed by atoms with Crippen LogP contribution in [0.5, 0.6) is 0 Å². The van der Waals surface area contributed by atoms with Gasteiger partial charge in [-0.3, -0.25) is 0 Å². The molecule has 0 spiro atoms. The van der Waals surface area contributed by atoms with Gasteiger partial charge in [0.2, 0.25) is 0 Å². The molecule has 2 aromatic heterocycles. The third-order valence-corrected chi connectivity index (χ3v) is 6.96. The number of rotatable bonds is 19. The normalized spacial score (nSPS) is 11.2. The number of hydrogen-bond acceptors (Lipinski definition) is 5. The molecule has 0 amide bonds. The summed E-state index contributed by atoms with van der Waals surface area (Å²) >= 11 is 3.20. The number of unbranched alkanes of at least 4 members (excludes halogenated alkanes) is 5. The zero-order valence-corrected chi connectivity index (χ0v) is 23.8. The van der Waals surface area contributed by atoms with Gasteiger partial charge in [-0.1, -0.05) is 6.92 Å². The summed E-state index contributed by atoms with van der Waals surface area (Å²) < 4.78 is 13.9. The van der Waals surface area contributed by atoms with Crippen molar-refractivity contribution >= 4 is 38.0 Å². The van der Waals surface area contributed by atoms with Crippen LogP contribution in [0.25, 0.3) is 16.6 Å². The van der Waals surface area contributed by atoms with Gasteiger partial charge in [-0.2, -0.15) is 0 Å². The SMILES string of the molecule is C=C(CCCCCCCCOCCOCCC)Nc1ccc(-c2ccn3ncc(CC=O)c3c2)c([Se])c1. The molecule has 0 fully saturated rings. The zero-order chi connectivity index (χ0) is 26.3. The van der Waals surface area contributed by atoms with E-state index in [9.17, 15) is 4.79 Å². The Bertz CT molecular complexity index is 1130. The molecule has 37 heavy (non-hydrogen) atoms. The molecule has 1 N–H and O–H groups in total. The molecule has 0 saturated carbocycles. The van der Waals surface area contributed by atoms with Gasteiger partial charge < -0.3 is 9.47 Å². The van der Waals surface area contributed by atoms with Crippen molar-refractivity contribution in [3.05, 3.63) is 60.6 Å². The van der Waals surface area contributed by atoms with Crippen molar-refractivity contribution < 1.29 is 14.3 Å². The van der Waals surface area contributed by atoms with Gasteiger partial charge in [-0.05, 0) is 6.42 Å². The fourth-order valence-corrected chi connectivity index (χ4v) is 4.92. The Morgan fingerprint density at radius 2 is 1.78 bits per heavy atom. The first-order valence-electron chi connectivity index (χ1n) is 13.4. The predicted molar refractivity (Wildman–Crippen MR) is 153 cm³/mol. The first-order valence-corrected chi connectivity index (χ1v) is 14.3. The van der Waals surface area contributed by atoms with Crippen LogP contribution in [-0.2, 0) is 20.7 Å². The van der Waals surface area contributed by atoms with E-state index >= 15 is 0 Å². The first-order chi connectivity index (χ1) is 18.1. The molecule has 0 aliphatic heterocycles. The fourth-order valence-electron chi connectivity index (χ4n) is 4.27. The molecule has 199 valence electrons. The number of aromatic nitrogens is 2. The Kier molecular flexibility index (Phi) is 12.9. The molecule has 0 bridgehead atoms. The van der Waals surface area contributed by atoms with E-state index in [4.69, 9.17) is 9.47 Å². The van der Waals surface area contributed by atoms with E-state index in [1.54, 1.807) is 6.20 Å². The Morgan fingerprint density at radius 3 is 2.54 bits per heavy atom. The van der Waals surface area contributed by atoms with Gasteiger partial charge in [-0.15, -0.1) is 0 Å². The fraction of sp³-hybridized carbons (Fsp3) is 0.467. The van der Waals surface area contributed by atoms with E-state index in [2.05, 4.69) is 64.2 Å². The van der Waals surface area contributed by atoms with Gasteiger partial charge in [0.05, 0.1) is 13.2 Å². The van der Waals surface area contributed by atoms with Crippen molar-refractivity contribution in [2.45, 2.75) is 64.7 Å². The van der Waals surface area contributed by atoms with Crippen LogP contribution >= 0.6 is 0 Å². The van der Waals surface area contributed by atoms with Gasteiger partial charge in [0.1, 0.15) is 0 Å². The van der Waals surface area contributed by atoms with E-state index in [1.807, 2.05) is 16.8 Å². The second-order valence-electron chi connectivity index (χ2n) is 9.32. The molecule has 0 saturated heterocycles. The van der Waals surface area contributed by atoms with Crippen molar-refractivity contribution in [2.24, 2.45) is 0 Å². The number of pyridine rings is 1. The van der Waals surface area contributed by atoms with Crippen molar-refractivity contribution in [1.82, 2.24) is 9.61 Å². The Hall–Kier alpha value is -2.44. The number of hydrogen-bond donors (Lipinski definition) is 1. The first kappa shape index (κ1) is 29.1. The second kappa shape index (κ2) is 16.4. The molecule has 3 rings (SSSR count). The third kappa shape index (κ3) is 9.75. The summed E-state index contributed by atoms with van der Waals surface area (Å²) in [6.45, 7) is 9.42. The summed E-state index contributed by atoms with van der Waals surface area (Å²) in [5.74, 6) is 0. The molecule has 1 radical (unpaired) electrons. The number of aldehydes is 1. The summed E-state index contributed by atoms with van der Waals surface area (Å²) in [5, 5.41) is 7.79. The molecule has 0 aliphatic carbocycles. The van der Waals surface area contributed by atoms with Crippen LogP contribution in [-0.4, -0.2) is 58.3 Å². The number of allylic oxidation sites excluding steroid dienone is 1. The van der Waals surface area contributed by atoms with Crippen molar-refractivity contribution in [2.75, 3.05) is 31.7 Å². The van der Waals surface area contributed by atoms with Crippen LogP contribution in [0.1, 0.15) is 63.9 Å². The minimum atomic E-state index is 0.368. The van der Waals surface area contributed by atoms with E-state index in [-0.39, 0.29) is 0 Å². The summed E-state index contributed by atoms with van der Waals surface area (Å²) in [5.41, 5.74) is 6.19. The van der Waals surface area contributed by atoms with Crippen molar-refractivity contribution in [3.8, 4) is 11.1 Å². The number of fused-ring (bicyclic) bond motifs is 1. The maximum atomic E-state index is 11.0. The number of nitrogens with zero attached hydrogens (tertiary/aromatic N) is 2. The van der Waals surface area contributed by atoms with Crippen molar-refractivity contribution in [1.29, 1.82) is 0 Å². The molecular weight excluding hydrogens is 529 g/mol. The number of benzene rings is 1. The number of nitrogens with one attached hydrogen (secondary N) is 1. The molecule has 7 heteroatoms. The van der Waals surface area contributed by atoms with Gasteiger partial charge in [0.15, 0.2) is 0 Å². The third-order valence-electron chi connectivity index (χ3n) is 6.26. The van der Waals surface area contributed by atoms with Gasteiger partial charge in [0.25, 0.3) is 0 Å². The van der Waals surface area contributed by atoms with Crippen molar-refractivity contribution in [3.63, 3.8) is 0 Å². The Morgan fingerprint density at radius 1 is 1.03 bits per heavy atom. The standard InChI is InChI=1S/C30H40N3O3Se/c1-3-17-35-19-20-36-18-9-7-5-4-6-8-10-24(2)32-27-11-12-28(30(37)22-27)25-13-15-33-29(21-25)26(14-16-34)23-31-33/h11-13,15-16,21-23,32H,2-10,14,17-20H2,1H3. The number of carbonyl (C=O) groups is 1. The Balaban J connectivity index is 1.34. The number of ether oxygens (including phenoxy) is 2. The monoisotopic (exact) mass is 570 g/mol. The van der Waals surface area contributed by atoms with Crippen LogP contribution < -0.4 is 9.78 Å². The Labute approximate surface area is 229 Å². The van der Waals surface area contributed by atoms with Crippen LogP contribution in [0, 0.1) is 0 Å². The van der Waals surface area contributed by atoms with Crippen LogP contribution in [0.4, 0.5) is 5.69 Å². The van der Waals surface area contributed by atoms with E-state index in [0.29, 0.717) is 19.6 Å². The van der Waals surface area contributed by atoms with Gasteiger partial charge in [-0.25, -0.2) is 0 Å². The molecule has 0 unspecified atom stereocenters. The molecule has 3 aromatic rings. The predicted octanol–water partition coefficient (Wildman–Crippen LogP) is 5.64. The van der Waals surface area contributed by atoms with Crippen LogP contribution in [0.15, 0.2) is 55.0 Å². The molecule has 0 aliphatic rings. The van der Waals surface area contributed by atoms with Crippen LogP contribution in [0.3, 0.4) is 0 Å². The average Bonchev–Trinajstić information content (AvgIpc) is 3.29. The average molecular weight is 570 g/mol. The van der Waals surface area contributed by atoms with Crippen LogP contribution in [0.2, 0.25) is 0 Å². The summed E-state index contributed by atoms with van der Waals surface area (Å²) in [6.07, 6.45) is 14.3. The number of carbonyl (C=O) groups excluding carboxylic acids is 1. The summed E-state index contributed by atoms with van der Waals surface area (Å²) in [7, 11) is 0. The second-order valence-corrected chi connectivity index (χ2v) is 10.2. The number of anilines is 1. The van der Waals surface area contributed by atoms with Gasteiger partial charge >= 0.3 is 181 Å². The van der Waals surface area contributed by atoms with Gasteiger partial charge in [0, 0.05) is 13.2 Å². The molecular formula is C30H40N3O3Se. The molecule has 0 atom stereocenters.